The van der Waals surface area contributed by atoms with Crippen molar-refractivity contribution >= 4 is 23.1 Å². The summed E-state index contributed by atoms with van der Waals surface area (Å²) >= 11 is 0.673. The van der Waals surface area contributed by atoms with Gasteiger partial charge in [-0.3, -0.25) is 0 Å². The van der Waals surface area contributed by atoms with E-state index in [0.717, 1.165) is 22.8 Å². The number of nitrogens with zero attached hydrogens (tertiary/aromatic N) is 1. The molecule has 4 aliphatic rings. The first-order valence-electron chi connectivity index (χ1n) is 7.63. The van der Waals surface area contributed by atoms with Gasteiger partial charge in [0.2, 0.25) is 5.88 Å². The van der Waals surface area contributed by atoms with E-state index < -0.39 is 17.6 Å². The minimum absolute atomic E-state index is 0.136. The molecule has 6 N–H and O–H groups in total. The fourth-order valence-electron chi connectivity index (χ4n) is 2.77. The Balaban J connectivity index is 1.39. The maximum absolute atomic E-state index is 11.3. The van der Waals surface area contributed by atoms with Crippen LogP contribution in [0.15, 0.2) is 58.6 Å². The van der Waals surface area contributed by atoms with Gasteiger partial charge in [0.05, 0.1) is 17.4 Å². The van der Waals surface area contributed by atoms with E-state index >= 15 is 0 Å². The van der Waals surface area contributed by atoms with Crippen molar-refractivity contribution in [3.63, 3.8) is 0 Å². The Morgan fingerprint density at radius 2 is 2.29 bits per heavy atom. The van der Waals surface area contributed by atoms with Crippen LogP contribution < -0.4 is 21.7 Å². The molecule has 7 nitrogen and oxygen atoms in total. The molecule has 0 aromatic heterocycles. The molecule has 5 atom stereocenters. The van der Waals surface area contributed by atoms with Crippen LogP contribution in [0.2, 0.25) is 0 Å². The number of nitrogens with two attached hydrogens (primary N) is 1. The van der Waals surface area contributed by atoms with Crippen molar-refractivity contribution in [1.29, 1.82) is 0 Å². The van der Waals surface area contributed by atoms with E-state index in [0.29, 0.717) is 5.88 Å². The van der Waals surface area contributed by atoms with Crippen molar-refractivity contribution in [2.45, 2.75) is 17.6 Å². The molecule has 4 rings (SSSR count). The van der Waals surface area contributed by atoms with Crippen LogP contribution in [0.1, 0.15) is 0 Å². The summed E-state index contributed by atoms with van der Waals surface area (Å²) in [5.41, 5.74) is 8.70. The van der Waals surface area contributed by atoms with Crippen LogP contribution >= 0.6 is 11.8 Å². The van der Waals surface area contributed by atoms with E-state index in [-0.39, 0.29) is 11.4 Å². The Morgan fingerprint density at radius 1 is 1.46 bits per heavy atom. The van der Waals surface area contributed by atoms with Gasteiger partial charge in [0.25, 0.3) is 0 Å². The summed E-state index contributed by atoms with van der Waals surface area (Å²) in [4.78, 5) is 1.07. The first kappa shape index (κ1) is 16.0. The quantitative estimate of drug-likeness (QED) is 0.335. The lowest BCUT2D eigenvalue weighted by molar-refractivity contribution is 0.0759. The molecule has 0 saturated carbocycles. The zero-order valence-electron chi connectivity index (χ0n) is 12.8. The normalized spacial score (nSPS) is 35.6. The van der Waals surface area contributed by atoms with Crippen molar-refractivity contribution in [3.05, 3.63) is 58.6 Å². The van der Waals surface area contributed by atoms with Gasteiger partial charge >= 0.3 is 0 Å². The number of aliphatic hydroxyl groups excluding tert-OH is 1. The maximum atomic E-state index is 11.3. The van der Waals surface area contributed by atoms with Gasteiger partial charge in [-0.05, 0) is 22.0 Å². The Kier molecular flexibility index (Phi) is 4.27. The highest BCUT2D eigenvalue weighted by molar-refractivity contribution is 8.04. The predicted molar refractivity (Wildman–Crippen MR) is 96.0 cm³/mol. The molecule has 9 heteroatoms. The molecule has 0 aliphatic carbocycles. The van der Waals surface area contributed by atoms with Gasteiger partial charge in [-0.15, -0.1) is 0 Å². The molecule has 0 amide bonds. The van der Waals surface area contributed by atoms with E-state index in [9.17, 15) is 9.66 Å². The van der Waals surface area contributed by atoms with Crippen LogP contribution in [-0.4, -0.2) is 44.0 Å². The Labute approximate surface area is 147 Å². The van der Waals surface area contributed by atoms with Crippen molar-refractivity contribution in [3.8, 4) is 0 Å². The van der Waals surface area contributed by atoms with Gasteiger partial charge in [-0.1, -0.05) is 23.9 Å². The lowest BCUT2D eigenvalue weighted by Gasteiger charge is -2.25. The van der Waals surface area contributed by atoms with E-state index in [1.165, 1.54) is 5.57 Å². The molecule has 4 unspecified atom stereocenters. The molecular weight excluding hydrogens is 346 g/mol. The number of hydrogen-bond acceptors (Lipinski definition) is 8. The van der Waals surface area contributed by atoms with Gasteiger partial charge < -0.3 is 31.3 Å². The summed E-state index contributed by atoms with van der Waals surface area (Å²) in [6, 6.07) is -0.272. The molecule has 0 aromatic carbocycles. The number of rotatable bonds is 4. The van der Waals surface area contributed by atoms with Crippen LogP contribution in [0.3, 0.4) is 0 Å². The fraction of sp³-hybridized carbons (Fsp3) is 0.333. The third kappa shape index (κ3) is 3.17. The lowest BCUT2D eigenvalue weighted by Crippen LogP contribution is -2.43. The van der Waals surface area contributed by atoms with Crippen LogP contribution in [0.4, 0.5) is 0 Å². The molecule has 4 aliphatic heterocycles. The molecule has 4 heterocycles. The van der Waals surface area contributed by atoms with Crippen molar-refractivity contribution in [2.75, 3.05) is 12.4 Å². The Morgan fingerprint density at radius 3 is 3.04 bits per heavy atom. The molecule has 1 fully saturated rings. The number of thioether (sulfide) groups is 1. The second-order valence-corrected chi connectivity index (χ2v) is 8.35. The van der Waals surface area contributed by atoms with Gasteiger partial charge in [-0.2, -0.15) is 0 Å². The minimum Gasteiger partial charge on any atom is -0.596 e. The van der Waals surface area contributed by atoms with Crippen molar-refractivity contribution < 1.29 is 9.66 Å². The molecule has 0 aromatic rings. The van der Waals surface area contributed by atoms with E-state index in [1.54, 1.807) is 22.3 Å². The topological polar surface area (TPSA) is 108 Å². The zero-order valence-corrected chi connectivity index (χ0v) is 14.4. The molecule has 128 valence electrons. The minimum atomic E-state index is -1.03. The Hall–Kier alpha value is -1.52. The molecule has 0 spiro atoms. The molecule has 0 radical (unpaired) electrons. The van der Waals surface area contributed by atoms with Gasteiger partial charge in [0, 0.05) is 35.2 Å². The average molecular weight is 365 g/mol. The second-order valence-electron chi connectivity index (χ2n) is 5.83. The zero-order chi connectivity index (χ0) is 16.7. The summed E-state index contributed by atoms with van der Waals surface area (Å²) in [5.74, 6) is 0.434. The highest BCUT2D eigenvalue weighted by atomic mass is 32.2. The molecule has 0 bridgehead atoms. The van der Waals surface area contributed by atoms with Gasteiger partial charge in [-0.25, -0.2) is 0 Å². The average Bonchev–Trinajstić information content (AvgIpc) is 3.12. The monoisotopic (exact) mass is 365 g/mol. The summed E-state index contributed by atoms with van der Waals surface area (Å²) in [7, 11) is 0. The van der Waals surface area contributed by atoms with Crippen molar-refractivity contribution in [2.24, 2.45) is 5.73 Å². The molecule has 1 saturated heterocycles. The summed E-state index contributed by atoms with van der Waals surface area (Å²) < 4.78 is 12.9. The first-order chi connectivity index (χ1) is 11.6. The number of dihydropyridines is 2. The van der Waals surface area contributed by atoms with Gasteiger partial charge in [0.1, 0.15) is 5.37 Å². The number of aliphatic hydroxyl groups is 1. The number of hydrogen-bond donors (Lipinski definition) is 5. The molecule has 24 heavy (non-hydrogen) atoms. The van der Waals surface area contributed by atoms with Gasteiger partial charge in [0.15, 0.2) is 6.23 Å². The third-order valence-corrected chi connectivity index (χ3v) is 6.42. The highest BCUT2D eigenvalue weighted by Crippen LogP contribution is 2.36. The lowest BCUT2D eigenvalue weighted by atomic mass is 10.1. The summed E-state index contributed by atoms with van der Waals surface area (Å²) in [5, 5.41) is 20.2. The van der Waals surface area contributed by atoms with Crippen LogP contribution in [-0.2, 0) is 11.4 Å². The smallest absolute Gasteiger partial charge is 0.222 e. The summed E-state index contributed by atoms with van der Waals surface area (Å²) in [6.45, 7) is 0.765. The first-order valence-corrected chi connectivity index (χ1v) is 9.78. The standard InChI is InChI=1S/C15H19N5O2S2/c16-10-4-9(5-17-6-10)14-18-7-13(23-14)11-2-1-3-12(19-11)15(21)20-8-24(20)22/h1-4,6-7,12,14-15,17-19,21H,5,8,16H2/t12?,14?,15?,20?,24-/m0/s1. The van der Waals surface area contributed by atoms with Crippen molar-refractivity contribution in [1.82, 2.24) is 20.3 Å². The number of nitrogens with one attached hydrogen (secondary N) is 3. The predicted octanol–water partition coefficient (Wildman–Crippen LogP) is -0.513. The van der Waals surface area contributed by atoms with E-state index in [2.05, 4.69) is 16.0 Å². The highest BCUT2D eigenvalue weighted by Gasteiger charge is 2.48. The second kappa shape index (κ2) is 6.41. The van der Waals surface area contributed by atoms with Crippen LogP contribution in [0.25, 0.3) is 0 Å². The van der Waals surface area contributed by atoms with Crippen LogP contribution in [0, 0.1) is 0 Å². The van der Waals surface area contributed by atoms with E-state index in [4.69, 9.17) is 5.73 Å². The SMILES string of the molecule is NC1=CNCC(C2NC=C(C3=CC=CC(C(O)N4C[S@+]4[O-])N3)S2)=C1. The third-order valence-electron chi connectivity index (χ3n) is 4.09. The molecular formula is C15H19N5O2S2. The Bertz CT molecular complexity index is 687. The number of allylic oxidation sites excluding steroid dienone is 3. The maximum Gasteiger partial charge on any atom is 0.222 e. The largest absolute Gasteiger partial charge is 0.596 e. The summed E-state index contributed by atoms with van der Waals surface area (Å²) in [6.07, 6.45) is 10.8. The van der Waals surface area contributed by atoms with E-state index in [1.807, 2.05) is 30.5 Å². The van der Waals surface area contributed by atoms with Crippen LogP contribution in [0.5, 0.6) is 0 Å². The fourth-order valence-corrected chi connectivity index (χ4v) is 4.68.